The molecule has 0 aromatic rings. The smallest absolute Gasteiger partial charge is 0.0627 e. The molecule has 1 saturated heterocycles. The minimum Gasteiger partial charge on any atom is -0.377 e. The topological polar surface area (TPSA) is 9.23 Å². The van der Waals surface area contributed by atoms with Crippen molar-refractivity contribution in [3.05, 3.63) is 6.42 Å². The molecule has 1 nitrogen and oxygen atoms in total. The lowest BCUT2D eigenvalue weighted by Gasteiger charge is -2.23. The highest BCUT2D eigenvalue weighted by molar-refractivity contribution is 4.83. The molecular weight excluding hydrogens is 76.1 g/mol. The Balaban J connectivity index is 2.01. The molecule has 0 spiro atoms. The largest absolute Gasteiger partial charge is 0.377 e. The third-order valence-electron chi connectivity index (χ3n) is 1.07. The maximum atomic E-state index is 5.02. The van der Waals surface area contributed by atoms with Gasteiger partial charge in [0.1, 0.15) is 0 Å². The molecule has 0 N–H and O–H groups in total. The Morgan fingerprint density at radius 1 is 2.00 bits per heavy atom. The van der Waals surface area contributed by atoms with Crippen LogP contribution in [0.5, 0.6) is 0 Å². The van der Waals surface area contributed by atoms with Gasteiger partial charge in [0.15, 0.2) is 0 Å². The van der Waals surface area contributed by atoms with Crippen LogP contribution in [-0.2, 0) is 4.74 Å². The lowest BCUT2D eigenvalue weighted by atomic mass is 10.1. The van der Waals surface area contributed by atoms with Gasteiger partial charge in [-0.1, -0.05) is 6.92 Å². The second-order valence-corrected chi connectivity index (χ2v) is 1.52. The highest BCUT2D eigenvalue weighted by atomic mass is 16.5. The Morgan fingerprint density at radius 3 is 2.67 bits per heavy atom. The molecule has 6 heavy (non-hydrogen) atoms. The highest BCUT2D eigenvalue weighted by Crippen LogP contribution is 2.11. The van der Waals surface area contributed by atoms with Gasteiger partial charge in [-0.2, -0.15) is 0 Å². The molecule has 1 heteroatoms. The van der Waals surface area contributed by atoms with E-state index in [-0.39, 0.29) is 0 Å². The number of hydrogen-bond donors (Lipinski definition) is 0. The summed E-state index contributed by atoms with van der Waals surface area (Å²) >= 11 is 0. The van der Waals surface area contributed by atoms with Gasteiger partial charge >= 0.3 is 0 Å². The summed E-state index contributed by atoms with van der Waals surface area (Å²) in [6.45, 7) is 3.00. The first-order chi connectivity index (χ1) is 2.93. The molecule has 35 valence electrons. The summed E-state index contributed by atoms with van der Waals surface area (Å²) in [5, 5.41) is 0. The van der Waals surface area contributed by atoms with Crippen molar-refractivity contribution < 1.29 is 4.74 Å². The summed E-state index contributed by atoms with van der Waals surface area (Å²) in [6, 6.07) is 0. The van der Waals surface area contributed by atoms with Crippen molar-refractivity contribution >= 4 is 0 Å². The molecule has 1 aliphatic rings. The van der Waals surface area contributed by atoms with E-state index in [1.165, 1.54) is 0 Å². The van der Waals surface area contributed by atoms with Crippen molar-refractivity contribution in [2.45, 2.75) is 19.4 Å². The van der Waals surface area contributed by atoms with E-state index in [1.54, 1.807) is 0 Å². The first-order valence-electron chi connectivity index (χ1n) is 2.38. The van der Waals surface area contributed by atoms with Crippen molar-refractivity contribution in [1.29, 1.82) is 0 Å². The zero-order chi connectivity index (χ0) is 4.41. The lowest BCUT2D eigenvalue weighted by molar-refractivity contribution is 0.00731. The van der Waals surface area contributed by atoms with E-state index in [0.717, 1.165) is 13.0 Å². The van der Waals surface area contributed by atoms with Crippen molar-refractivity contribution in [3.8, 4) is 0 Å². The van der Waals surface area contributed by atoms with E-state index >= 15 is 0 Å². The van der Waals surface area contributed by atoms with Crippen molar-refractivity contribution in [1.82, 2.24) is 0 Å². The van der Waals surface area contributed by atoms with Crippen LogP contribution in [0.2, 0.25) is 0 Å². The van der Waals surface area contributed by atoms with Crippen LogP contribution < -0.4 is 0 Å². The zero-order valence-electron chi connectivity index (χ0n) is 3.98. The zero-order valence-corrected chi connectivity index (χ0v) is 3.98. The maximum absolute atomic E-state index is 5.02. The van der Waals surface area contributed by atoms with Crippen LogP contribution in [0.4, 0.5) is 0 Å². The summed E-state index contributed by atoms with van der Waals surface area (Å²) in [7, 11) is 0. The van der Waals surface area contributed by atoms with Gasteiger partial charge < -0.3 is 4.74 Å². The predicted octanol–water partition coefficient (Wildman–Crippen LogP) is 0.999. The van der Waals surface area contributed by atoms with E-state index in [2.05, 4.69) is 13.3 Å². The monoisotopic (exact) mass is 85.1 g/mol. The molecule has 1 aliphatic heterocycles. The van der Waals surface area contributed by atoms with Gasteiger partial charge in [0.25, 0.3) is 0 Å². The van der Waals surface area contributed by atoms with Crippen LogP contribution in [0.1, 0.15) is 13.3 Å². The molecule has 0 amide bonds. The van der Waals surface area contributed by atoms with E-state index in [0.29, 0.717) is 6.10 Å². The van der Waals surface area contributed by atoms with Crippen LogP contribution in [0.15, 0.2) is 0 Å². The molecule has 1 fully saturated rings. The third kappa shape index (κ3) is 0.548. The molecule has 1 atom stereocenters. The van der Waals surface area contributed by atoms with Gasteiger partial charge in [-0.15, -0.1) is 0 Å². The fourth-order valence-corrected chi connectivity index (χ4v) is 0.517. The van der Waals surface area contributed by atoms with Crippen molar-refractivity contribution in [3.63, 3.8) is 0 Å². The van der Waals surface area contributed by atoms with Gasteiger partial charge in [0, 0.05) is 6.42 Å². The number of ether oxygens (including phenoxy) is 1. The van der Waals surface area contributed by atoms with E-state index in [1.807, 2.05) is 0 Å². The van der Waals surface area contributed by atoms with Gasteiger partial charge in [0.2, 0.25) is 0 Å². The van der Waals surface area contributed by atoms with E-state index in [4.69, 9.17) is 4.74 Å². The maximum Gasteiger partial charge on any atom is 0.0627 e. The minimum absolute atomic E-state index is 0.491. The molecule has 1 heterocycles. The first-order valence-corrected chi connectivity index (χ1v) is 2.38. The molecule has 0 bridgehead atoms. The van der Waals surface area contributed by atoms with Gasteiger partial charge in [0.05, 0.1) is 12.7 Å². The Labute approximate surface area is 38.3 Å². The Kier molecular flexibility index (Phi) is 1.10. The Morgan fingerprint density at radius 2 is 2.67 bits per heavy atom. The minimum atomic E-state index is 0.491. The summed E-state index contributed by atoms with van der Waals surface area (Å²) < 4.78 is 5.02. The molecule has 0 saturated carbocycles. The van der Waals surface area contributed by atoms with Crippen molar-refractivity contribution in [2.75, 3.05) is 6.61 Å². The van der Waals surface area contributed by atoms with Gasteiger partial charge in [-0.3, -0.25) is 0 Å². The molecule has 0 aromatic heterocycles. The first kappa shape index (κ1) is 4.13. The second kappa shape index (κ2) is 1.61. The third-order valence-corrected chi connectivity index (χ3v) is 1.07. The summed E-state index contributed by atoms with van der Waals surface area (Å²) in [5.41, 5.74) is 0. The standard InChI is InChI=1S/C5H9O/c1-2-5-3-4-6-5/h3,5H,2,4H2,1H3. The normalized spacial score (nSPS) is 32.5. The SMILES string of the molecule is CCC1[CH]CO1. The Bertz CT molecular complexity index is 36.4. The number of rotatable bonds is 1. The summed E-state index contributed by atoms with van der Waals surface area (Å²) in [4.78, 5) is 0. The second-order valence-electron chi connectivity index (χ2n) is 1.52. The van der Waals surface area contributed by atoms with Crippen LogP contribution >= 0.6 is 0 Å². The number of hydrogen-bond acceptors (Lipinski definition) is 1. The summed E-state index contributed by atoms with van der Waals surface area (Å²) in [6.07, 6.45) is 3.81. The van der Waals surface area contributed by atoms with Crippen LogP contribution in [-0.4, -0.2) is 12.7 Å². The predicted molar refractivity (Wildman–Crippen MR) is 24.3 cm³/mol. The van der Waals surface area contributed by atoms with Crippen LogP contribution in [0.25, 0.3) is 0 Å². The van der Waals surface area contributed by atoms with E-state index < -0.39 is 0 Å². The lowest BCUT2D eigenvalue weighted by Crippen LogP contribution is -2.26. The molecular formula is C5H9O. The average Bonchev–Trinajstić information content (AvgIpc) is 1.31. The Hall–Kier alpha value is -0.0400. The molecule has 0 aromatic carbocycles. The molecule has 1 radical (unpaired) electrons. The average molecular weight is 85.1 g/mol. The highest BCUT2D eigenvalue weighted by Gasteiger charge is 2.14. The van der Waals surface area contributed by atoms with Crippen molar-refractivity contribution in [2.24, 2.45) is 0 Å². The summed E-state index contributed by atoms with van der Waals surface area (Å²) in [5.74, 6) is 0. The van der Waals surface area contributed by atoms with Gasteiger partial charge in [-0.05, 0) is 6.42 Å². The van der Waals surface area contributed by atoms with Crippen LogP contribution in [0, 0.1) is 6.42 Å². The molecule has 1 rings (SSSR count). The molecule has 0 aliphatic carbocycles. The van der Waals surface area contributed by atoms with Crippen LogP contribution in [0.3, 0.4) is 0 Å². The fraction of sp³-hybridized carbons (Fsp3) is 0.800. The van der Waals surface area contributed by atoms with E-state index in [9.17, 15) is 0 Å². The quantitative estimate of drug-likeness (QED) is 0.461. The van der Waals surface area contributed by atoms with Gasteiger partial charge in [-0.25, -0.2) is 0 Å². The molecule has 1 unspecified atom stereocenters. The fourth-order valence-electron chi connectivity index (χ4n) is 0.517.